The van der Waals surface area contributed by atoms with Crippen LogP contribution >= 0.6 is 23.5 Å². The van der Waals surface area contributed by atoms with Crippen molar-refractivity contribution < 1.29 is 19.8 Å². The van der Waals surface area contributed by atoms with Gasteiger partial charge in [0.1, 0.15) is 4.58 Å². The summed E-state index contributed by atoms with van der Waals surface area (Å²) < 4.78 is 0.0189. The molecule has 0 aliphatic rings. The van der Waals surface area contributed by atoms with E-state index in [4.69, 9.17) is 10.2 Å². The zero-order chi connectivity index (χ0) is 22.7. The average Bonchev–Trinajstić information content (AvgIpc) is 2.74. The Bertz CT molecular complexity index is 670. The van der Waals surface area contributed by atoms with Gasteiger partial charge in [-0.15, -0.1) is 23.5 Å². The van der Waals surface area contributed by atoms with Crippen molar-refractivity contribution >= 4 is 35.5 Å². The molecule has 172 valence electrons. The van der Waals surface area contributed by atoms with Crippen molar-refractivity contribution in [3.63, 3.8) is 0 Å². The third-order valence-electron chi connectivity index (χ3n) is 4.72. The average molecular weight is 465 g/mol. The maximum absolute atomic E-state index is 10.7. The Kier molecular flexibility index (Phi) is 16.0. The zero-order valence-corrected chi connectivity index (χ0v) is 20.2. The van der Waals surface area contributed by atoms with E-state index in [1.807, 2.05) is 0 Å². The number of aliphatic carboxylic acids is 2. The van der Waals surface area contributed by atoms with Crippen LogP contribution < -0.4 is 0 Å². The predicted molar refractivity (Wildman–Crippen MR) is 133 cm³/mol. The van der Waals surface area contributed by atoms with E-state index in [0.717, 1.165) is 23.5 Å². The van der Waals surface area contributed by atoms with Crippen molar-refractivity contribution in [1.29, 1.82) is 0 Å². The second-order valence-electron chi connectivity index (χ2n) is 7.55. The van der Waals surface area contributed by atoms with E-state index in [9.17, 15) is 9.59 Å². The summed E-state index contributed by atoms with van der Waals surface area (Å²) in [6.07, 6.45) is 10.5. The number of hydrogen-bond donors (Lipinski definition) is 2. The lowest BCUT2D eigenvalue weighted by molar-refractivity contribution is -0.138. The van der Waals surface area contributed by atoms with Gasteiger partial charge in [0.15, 0.2) is 0 Å². The second-order valence-corrected chi connectivity index (χ2v) is 10.3. The molecule has 0 saturated heterocycles. The summed E-state index contributed by atoms with van der Waals surface area (Å²) in [5.74, 6) is 6.43. The summed E-state index contributed by atoms with van der Waals surface area (Å²) in [7, 11) is 0. The molecule has 0 spiro atoms. The molecule has 1 aromatic carbocycles. The van der Waals surface area contributed by atoms with Gasteiger partial charge in [0.05, 0.1) is 0 Å². The fourth-order valence-corrected chi connectivity index (χ4v) is 5.26. The third-order valence-corrected chi connectivity index (χ3v) is 7.42. The van der Waals surface area contributed by atoms with Crippen LogP contribution in [0.2, 0.25) is 0 Å². The number of carboxylic acid groups (broad SMARTS) is 2. The van der Waals surface area contributed by atoms with E-state index in [2.05, 4.69) is 43.0 Å². The Labute approximate surface area is 196 Å². The van der Waals surface area contributed by atoms with Crippen LogP contribution in [0.4, 0.5) is 0 Å². The van der Waals surface area contributed by atoms with E-state index < -0.39 is 11.9 Å². The smallest absolute Gasteiger partial charge is 0.303 e. The first kappa shape index (κ1) is 27.5. The highest BCUT2D eigenvalue weighted by Gasteiger charge is 2.08. The normalized spacial score (nSPS) is 10.6. The molecule has 0 aliphatic carbocycles. The summed E-state index contributed by atoms with van der Waals surface area (Å²) in [5, 5.41) is 17.6. The molecule has 0 saturated carbocycles. The number of aryl methyl sites for hydroxylation is 1. The van der Waals surface area contributed by atoms with Gasteiger partial charge in [0, 0.05) is 18.4 Å². The maximum atomic E-state index is 10.7. The van der Waals surface area contributed by atoms with Crippen molar-refractivity contribution in [3.05, 3.63) is 35.4 Å². The molecule has 31 heavy (non-hydrogen) atoms. The van der Waals surface area contributed by atoms with Crippen molar-refractivity contribution in [2.24, 2.45) is 0 Å². The number of unbranched alkanes of at least 4 members (excludes halogenated alkanes) is 5. The second kappa shape index (κ2) is 18.0. The largest absolute Gasteiger partial charge is 0.481 e. The van der Waals surface area contributed by atoms with Gasteiger partial charge in [0.25, 0.3) is 0 Å². The number of rotatable bonds is 17. The molecule has 1 aromatic rings. The first-order valence-electron chi connectivity index (χ1n) is 11.3. The number of carbonyl (C=O) groups is 2. The highest BCUT2D eigenvalue weighted by Crippen LogP contribution is 2.25. The quantitative estimate of drug-likeness (QED) is 0.156. The van der Waals surface area contributed by atoms with Gasteiger partial charge < -0.3 is 10.2 Å². The van der Waals surface area contributed by atoms with Crippen molar-refractivity contribution in [2.45, 2.75) is 82.1 Å². The van der Waals surface area contributed by atoms with E-state index in [1.54, 1.807) is 23.5 Å². The van der Waals surface area contributed by atoms with E-state index in [-0.39, 0.29) is 17.4 Å². The molecule has 0 fully saturated rings. The van der Waals surface area contributed by atoms with Gasteiger partial charge in [-0.2, -0.15) is 0 Å². The van der Waals surface area contributed by atoms with E-state index in [1.165, 1.54) is 44.1 Å². The highest BCUT2D eigenvalue weighted by atomic mass is 32.2. The number of carboxylic acids is 2. The molecule has 0 heterocycles. The topological polar surface area (TPSA) is 74.6 Å². The molecule has 6 heteroatoms. The first-order chi connectivity index (χ1) is 15.0. The van der Waals surface area contributed by atoms with Crippen molar-refractivity contribution in [2.75, 3.05) is 11.5 Å². The molecule has 0 amide bonds. The Morgan fingerprint density at radius 1 is 0.839 bits per heavy atom. The molecule has 1 rings (SSSR count). The Balaban J connectivity index is 2.50. The van der Waals surface area contributed by atoms with Crippen LogP contribution in [0.25, 0.3) is 0 Å². The van der Waals surface area contributed by atoms with Crippen LogP contribution in [0.5, 0.6) is 0 Å². The monoisotopic (exact) mass is 464 g/mol. The molecule has 2 N–H and O–H groups in total. The van der Waals surface area contributed by atoms with Gasteiger partial charge in [-0.1, -0.05) is 63.0 Å². The van der Waals surface area contributed by atoms with Crippen molar-refractivity contribution in [1.82, 2.24) is 0 Å². The lowest BCUT2D eigenvalue weighted by atomic mass is 10.0. The lowest BCUT2D eigenvalue weighted by Gasteiger charge is -2.09. The summed E-state index contributed by atoms with van der Waals surface area (Å²) in [6, 6.07) is 8.46. The Hall–Kier alpha value is -1.58. The molecule has 0 radical (unpaired) electrons. The van der Waals surface area contributed by atoms with Gasteiger partial charge in [0.2, 0.25) is 0 Å². The number of thioether (sulfide) groups is 2. The van der Waals surface area contributed by atoms with Gasteiger partial charge >= 0.3 is 11.9 Å². The summed E-state index contributed by atoms with van der Waals surface area (Å²) >= 11 is 3.28. The minimum Gasteiger partial charge on any atom is -0.481 e. The Morgan fingerprint density at radius 3 is 1.94 bits per heavy atom. The van der Waals surface area contributed by atoms with Gasteiger partial charge in [-0.25, -0.2) is 0 Å². The van der Waals surface area contributed by atoms with Crippen LogP contribution in [0, 0.1) is 11.8 Å². The maximum Gasteiger partial charge on any atom is 0.303 e. The highest BCUT2D eigenvalue weighted by molar-refractivity contribution is 8.17. The standard InChI is InChI=1S/C25H36O4S2/c1-2-3-4-5-6-7-10-21-13-15-22(16-14-21)17-18-25(30-19-8-11-23(26)27)31-20-9-12-24(28)29/h13-16,25H,2-12,19-20H2,1H3,(H,26,27)(H,28,29). The minimum atomic E-state index is -0.779. The van der Waals surface area contributed by atoms with Gasteiger partial charge in [-0.05, 0) is 54.9 Å². The van der Waals surface area contributed by atoms with Crippen LogP contribution in [0.3, 0.4) is 0 Å². The Morgan fingerprint density at radius 2 is 1.39 bits per heavy atom. The SMILES string of the molecule is CCCCCCCCc1ccc(C#CC(SCCCC(=O)O)SCCCC(=O)O)cc1. The van der Waals surface area contributed by atoms with E-state index >= 15 is 0 Å². The molecule has 0 aromatic heterocycles. The molecular formula is C25H36O4S2. The van der Waals surface area contributed by atoms with E-state index in [0.29, 0.717) is 12.8 Å². The summed E-state index contributed by atoms with van der Waals surface area (Å²) in [4.78, 5) is 21.4. The number of hydrogen-bond acceptors (Lipinski definition) is 4. The molecule has 0 aliphatic heterocycles. The predicted octanol–water partition coefficient (Wildman–Crippen LogP) is 6.46. The molecule has 0 atom stereocenters. The number of benzene rings is 1. The van der Waals surface area contributed by atoms with Crippen LogP contribution in [-0.4, -0.2) is 38.2 Å². The minimum absolute atomic E-state index is 0.0189. The van der Waals surface area contributed by atoms with Crippen LogP contribution in [0.15, 0.2) is 24.3 Å². The lowest BCUT2D eigenvalue weighted by Crippen LogP contribution is -2.01. The molecule has 0 unspecified atom stereocenters. The van der Waals surface area contributed by atoms with Gasteiger partial charge in [-0.3, -0.25) is 9.59 Å². The fraction of sp³-hybridized carbons (Fsp3) is 0.600. The van der Waals surface area contributed by atoms with Crippen LogP contribution in [0.1, 0.15) is 82.3 Å². The summed E-state index contributed by atoms with van der Waals surface area (Å²) in [6.45, 7) is 2.24. The molecular weight excluding hydrogens is 428 g/mol. The fourth-order valence-electron chi connectivity index (χ4n) is 2.97. The first-order valence-corrected chi connectivity index (χ1v) is 13.4. The molecule has 0 bridgehead atoms. The van der Waals surface area contributed by atoms with Crippen molar-refractivity contribution in [3.8, 4) is 11.8 Å². The summed E-state index contributed by atoms with van der Waals surface area (Å²) in [5.41, 5.74) is 2.33. The zero-order valence-electron chi connectivity index (χ0n) is 18.6. The molecule has 4 nitrogen and oxygen atoms in total. The van der Waals surface area contributed by atoms with Crippen LogP contribution in [-0.2, 0) is 16.0 Å². The third kappa shape index (κ3) is 15.8.